The van der Waals surface area contributed by atoms with E-state index in [1.165, 1.54) is 4.90 Å². The van der Waals surface area contributed by atoms with E-state index in [4.69, 9.17) is 0 Å². The maximum atomic E-state index is 13.9. The van der Waals surface area contributed by atoms with Crippen molar-refractivity contribution in [2.24, 2.45) is 0 Å². The summed E-state index contributed by atoms with van der Waals surface area (Å²) in [5, 5.41) is 2.90. The van der Waals surface area contributed by atoms with Gasteiger partial charge in [0.15, 0.2) is 0 Å². The van der Waals surface area contributed by atoms with Gasteiger partial charge in [0, 0.05) is 17.6 Å². The van der Waals surface area contributed by atoms with Crippen LogP contribution >= 0.6 is 15.9 Å². The normalized spacial score (nSPS) is 12.0. The van der Waals surface area contributed by atoms with Crippen LogP contribution in [0.4, 0.5) is 5.69 Å². The van der Waals surface area contributed by atoms with Crippen LogP contribution in [-0.2, 0) is 26.2 Å². The van der Waals surface area contributed by atoms with Crippen LogP contribution in [0.25, 0.3) is 0 Å². The summed E-state index contributed by atoms with van der Waals surface area (Å²) in [4.78, 5) is 28.5. The van der Waals surface area contributed by atoms with E-state index in [0.29, 0.717) is 17.8 Å². The molecule has 0 aliphatic heterocycles. The highest BCUT2D eigenvalue weighted by molar-refractivity contribution is 9.10. The number of sulfonamides is 1. The van der Waals surface area contributed by atoms with Crippen molar-refractivity contribution in [2.75, 3.05) is 17.4 Å². The summed E-state index contributed by atoms with van der Waals surface area (Å²) in [6.45, 7) is 7.60. The number of carbonyl (C=O) groups is 2. The smallest absolute Gasteiger partial charge is 0.264 e. The monoisotopic (exact) mass is 613 g/mol. The van der Waals surface area contributed by atoms with E-state index in [1.54, 1.807) is 56.3 Å². The molecule has 0 saturated carbocycles. The second kappa shape index (κ2) is 13.8. The zero-order valence-corrected chi connectivity index (χ0v) is 25.3. The van der Waals surface area contributed by atoms with Crippen LogP contribution < -0.4 is 9.62 Å². The molecular formula is C30H36BrN3O4S. The van der Waals surface area contributed by atoms with E-state index in [-0.39, 0.29) is 17.3 Å². The number of nitrogens with zero attached hydrogens (tertiary/aromatic N) is 2. The van der Waals surface area contributed by atoms with Crippen LogP contribution in [0.1, 0.15) is 43.4 Å². The first kappa shape index (κ1) is 30.4. The predicted octanol–water partition coefficient (Wildman–Crippen LogP) is 5.59. The largest absolute Gasteiger partial charge is 0.354 e. The highest BCUT2D eigenvalue weighted by Crippen LogP contribution is 2.27. The summed E-state index contributed by atoms with van der Waals surface area (Å²) in [6.07, 6.45) is 1.76. The highest BCUT2D eigenvalue weighted by atomic mass is 79.9. The molecular weight excluding hydrogens is 578 g/mol. The van der Waals surface area contributed by atoms with E-state index >= 15 is 0 Å². The maximum absolute atomic E-state index is 13.9. The number of hydrogen-bond acceptors (Lipinski definition) is 4. The standard InChI is InChI=1S/C30H36BrN3O4S/c1-5-6-19-32-30(36)24(4)33(20-25-13-15-26(31)16-14-25)29(35)21-34(28-10-8-7-9-23(28)3)39(37,38)27-17-11-22(2)12-18-27/h7-18,24H,5-6,19-21H2,1-4H3,(H,32,36)/t24-/m0/s1. The Balaban J connectivity index is 2.00. The summed E-state index contributed by atoms with van der Waals surface area (Å²) in [5.41, 5.74) is 2.88. The molecule has 1 N–H and O–H groups in total. The molecule has 0 aliphatic rings. The van der Waals surface area contributed by atoms with Gasteiger partial charge in [0.25, 0.3) is 10.0 Å². The Labute approximate surface area is 240 Å². The molecule has 208 valence electrons. The number of amides is 2. The van der Waals surface area contributed by atoms with Crippen LogP contribution in [0.15, 0.2) is 82.2 Å². The first-order chi connectivity index (χ1) is 18.5. The topological polar surface area (TPSA) is 86.8 Å². The first-order valence-corrected chi connectivity index (χ1v) is 15.2. The van der Waals surface area contributed by atoms with Gasteiger partial charge in [-0.1, -0.05) is 77.3 Å². The molecule has 39 heavy (non-hydrogen) atoms. The molecule has 2 amide bonds. The van der Waals surface area contributed by atoms with Gasteiger partial charge in [0.2, 0.25) is 11.8 Å². The summed E-state index contributed by atoms with van der Waals surface area (Å²) < 4.78 is 29.8. The third-order valence-electron chi connectivity index (χ3n) is 6.54. The van der Waals surface area contributed by atoms with Gasteiger partial charge in [-0.3, -0.25) is 13.9 Å². The van der Waals surface area contributed by atoms with Crippen molar-refractivity contribution in [2.45, 2.75) is 58.0 Å². The Morgan fingerprint density at radius 1 is 0.949 bits per heavy atom. The lowest BCUT2D eigenvalue weighted by atomic mass is 10.1. The second-order valence-corrected chi connectivity index (χ2v) is 12.4. The molecule has 0 spiro atoms. The Kier molecular flexibility index (Phi) is 10.7. The van der Waals surface area contributed by atoms with Crippen LogP contribution in [0.3, 0.4) is 0 Å². The van der Waals surface area contributed by atoms with Gasteiger partial charge in [-0.05, 0) is 68.7 Å². The average molecular weight is 615 g/mol. The van der Waals surface area contributed by atoms with E-state index in [1.807, 2.05) is 44.2 Å². The third-order valence-corrected chi connectivity index (χ3v) is 8.84. The van der Waals surface area contributed by atoms with Crippen LogP contribution in [0.2, 0.25) is 0 Å². The number of unbranched alkanes of at least 4 members (excludes halogenated alkanes) is 1. The van der Waals surface area contributed by atoms with Crippen LogP contribution in [0.5, 0.6) is 0 Å². The fourth-order valence-corrected chi connectivity index (χ4v) is 5.84. The molecule has 0 heterocycles. The molecule has 0 saturated heterocycles. The Hall–Kier alpha value is -3.17. The number of benzene rings is 3. The number of anilines is 1. The van der Waals surface area contributed by atoms with E-state index in [2.05, 4.69) is 21.2 Å². The molecule has 3 aromatic rings. The van der Waals surface area contributed by atoms with Crippen molar-refractivity contribution in [1.29, 1.82) is 0 Å². The van der Waals surface area contributed by atoms with Crippen molar-refractivity contribution in [3.63, 3.8) is 0 Å². The molecule has 0 aromatic heterocycles. The summed E-state index contributed by atoms with van der Waals surface area (Å²) in [5.74, 6) is -0.757. The SMILES string of the molecule is CCCCNC(=O)[C@H](C)N(Cc1ccc(Br)cc1)C(=O)CN(c1ccccc1C)S(=O)(=O)c1ccc(C)cc1. The Morgan fingerprint density at radius 2 is 1.59 bits per heavy atom. The maximum Gasteiger partial charge on any atom is 0.264 e. The number of hydrogen-bond donors (Lipinski definition) is 1. The fraction of sp³-hybridized carbons (Fsp3) is 0.333. The lowest BCUT2D eigenvalue weighted by molar-refractivity contribution is -0.139. The number of nitrogens with one attached hydrogen (secondary N) is 1. The lowest BCUT2D eigenvalue weighted by Crippen LogP contribution is -2.51. The van der Waals surface area contributed by atoms with Crippen LogP contribution in [-0.4, -0.2) is 44.3 Å². The lowest BCUT2D eigenvalue weighted by Gasteiger charge is -2.32. The van der Waals surface area contributed by atoms with Crippen molar-refractivity contribution in [3.05, 3.63) is 94.0 Å². The first-order valence-electron chi connectivity index (χ1n) is 13.0. The van der Waals surface area contributed by atoms with E-state index < -0.39 is 28.5 Å². The molecule has 0 unspecified atom stereocenters. The van der Waals surface area contributed by atoms with E-state index in [9.17, 15) is 18.0 Å². The average Bonchev–Trinajstić information content (AvgIpc) is 2.91. The molecule has 3 rings (SSSR count). The van der Waals surface area contributed by atoms with Crippen molar-refractivity contribution in [1.82, 2.24) is 10.2 Å². The van der Waals surface area contributed by atoms with Crippen molar-refractivity contribution in [3.8, 4) is 0 Å². The van der Waals surface area contributed by atoms with Gasteiger partial charge in [-0.25, -0.2) is 8.42 Å². The Bertz CT molecular complexity index is 1380. The molecule has 3 aromatic carbocycles. The minimum atomic E-state index is -4.08. The predicted molar refractivity (Wildman–Crippen MR) is 159 cm³/mol. The number of carbonyl (C=O) groups excluding carboxylic acids is 2. The van der Waals surface area contributed by atoms with Gasteiger partial charge < -0.3 is 10.2 Å². The fourth-order valence-electron chi connectivity index (χ4n) is 4.10. The van der Waals surface area contributed by atoms with Gasteiger partial charge in [-0.15, -0.1) is 0 Å². The van der Waals surface area contributed by atoms with Crippen molar-refractivity contribution >= 4 is 43.5 Å². The van der Waals surface area contributed by atoms with Gasteiger partial charge in [0.05, 0.1) is 10.6 Å². The highest BCUT2D eigenvalue weighted by Gasteiger charge is 2.33. The van der Waals surface area contributed by atoms with Gasteiger partial charge in [-0.2, -0.15) is 0 Å². The zero-order chi connectivity index (χ0) is 28.6. The minimum Gasteiger partial charge on any atom is -0.354 e. The number of halogens is 1. The second-order valence-electron chi connectivity index (χ2n) is 9.58. The van der Waals surface area contributed by atoms with Crippen LogP contribution in [0, 0.1) is 13.8 Å². The van der Waals surface area contributed by atoms with E-state index in [0.717, 1.165) is 32.7 Å². The number of rotatable bonds is 12. The molecule has 0 bridgehead atoms. The summed E-state index contributed by atoms with van der Waals surface area (Å²) in [6, 6.07) is 20.3. The Morgan fingerprint density at radius 3 is 2.21 bits per heavy atom. The third kappa shape index (κ3) is 7.92. The summed E-state index contributed by atoms with van der Waals surface area (Å²) in [7, 11) is -4.08. The molecule has 1 atom stereocenters. The zero-order valence-electron chi connectivity index (χ0n) is 22.9. The van der Waals surface area contributed by atoms with Gasteiger partial charge >= 0.3 is 0 Å². The molecule has 9 heteroatoms. The van der Waals surface area contributed by atoms with Gasteiger partial charge in [0.1, 0.15) is 12.6 Å². The molecule has 0 aliphatic carbocycles. The number of aryl methyl sites for hydroxylation is 2. The molecule has 7 nitrogen and oxygen atoms in total. The number of para-hydroxylation sites is 1. The quantitative estimate of drug-likeness (QED) is 0.270. The van der Waals surface area contributed by atoms with Crippen molar-refractivity contribution < 1.29 is 18.0 Å². The molecule has 0 radical (unpaired) electrons. The summed E-state index contributed by atoms with van der Waals surface area (Å²) >= 11 is 3.42. The molecule has 0 fully saturated rings. The minimum absolute atomic E-state index is 0.0916.